The quantitative estimate of drug-likeness (QED) is 0.794. The van der Waals surface area contributed by atoms with Gasteiger partial charge in [0.15, 0.2) is 0 Å². The number of fused-ring (bicyclic) bond motifs is 1. The molecule has 112 valence electrons. The van der Waals surface area contributed by atoms with Crippen molar-refractivity contribution >= 4 is 0 Å². The molecule has 0 aliphatic carbocycles. The standard InChI is InChI=1S/C16H33N3/c1-13(2)10-17-11-14(3)15(4)19-9-8-18-7-5-6-16(18)12-19/h13-17H,5-12H2,1-4H3. The Kier molecular flexibility index (Phi) is 5.67. The van der Waals surface area contributed by atoms with Crippen molar-refractivity contribution in [2.75, 3.05) is 39.3 Å². The van der Waals surface area contributed by atoms with E-state index in [9.17, 15) is 0 Å². The second-order valence-corrected chi connectivity index (χ2v) is 7.10. The molecule has 1 N–H and O–H groups in total. The maximum atomic E-state index is 3.61. The van der Waals surface area contributed by atoms with Gasteiger partial charge in [0.2, 0.25) is 0 Å². The number of piperazine rings is 1. The minimum atomic E-state index is 0.711. The summed E-state index contributed by atoms with van der Waals surface area (Å²) in [5.41, 5.74) is 0. The molecule has 3 atom stereocenters. The average molecular weight is 267 g/mol. The highest BCUT2D eigenvalue weighted by Gasteiger charge is 2.33. The molecular weight excluding hydrogens is 234 g/mol. The fourth-order valence-corrected chi connectivity index (χ4v) is 3.52. The van der Waals surface area contributed by atoms with Gasteiger partial charge in [-0.1, -0.05) is 20.8 Å². The summed E-state index contributed by atoms with van der Waals surface area (Å²) in [6, 6.07) is 1.56. The minimum Gasteiger partial charge on any atom is -0.316 e. The molecule has 3 unspecified atom stereocenters. The lowest BCUT2D eigenvalue weighted by atomic mass is 9.99. The van der Waals surface area contributed by atoms with Gasteiger partial charge in [0, 0.05) is 31.7 Å². The van der Waals surface area contributed by atoms with Gasteiger partial charge in [0.05, 0.1) is 0 Å². The first-order valence-electron chi connectivity index (χ1n) is 8.26. The van der Waals surface area contributed by atoms with E-state index in [1.165, 1.54) is 39.0 Å². The second-order valence-electron chi connectivity index (χ2n) is 7.10. The van der Waals surface area contributed by atoms with Crippen LogP contribution in [-0.2, 0) is 0 Å². The SMILES string of the molecule is CC(C)CNCC(C)C(C)N1CCN2CCCC2C1. The molecule has 0 aromatic heterocycles. The molecule has 3 heteroatoms. The van der Waals surface area contributed by atoms with Crippen molar-refractivity contribution in [2.24, 2.45) is 11.8 Å². The van der Waals surface area contributed by atoms with Gasteiger partial charge in [0.1, 0.15) is 0 Å². The molecule has 2 saturated heterocycles. The fourth-order valence-electron chi connectivity index (χ4n) is 3.52. The summed E-state index contributed by atoms with van der Waals surface area (Å²) >= 11 is 0. The van der Waals surface area contributed by atoms with Gasteiger partial charge in [0.25, 0.3) is 0 Å². The van der Waals surface area contributed by atoms with E-state index in [1.54, 1.807) is 0 Å². The summed E-state index contributed by atoms with van der Waals surface area (Å²) < 4.78 is 0. The Labute approximate surface area is 119 Å². The third-order valence-corrected chi connectivity index (χ3v) is 5.04. The van der Waals surface area contributed by atoms with Crippen LogP contribution in [0.25, 0.3) is 0 Å². The van der Waals surface area contributed by atoms with E-state index in [1.807, 2.05) is 0 Å². The van der Waals surface area contributed by atoms with Crippen molar-refractivity contribution in [3.8, 4) is 0 Å². The molecule has 2 rings (SSSR count). The zero-order valence-corrected chi connectivity index (χ0v) is 13.4. The van der Waals surface area contributed by atoms with Crippen LogP contribution in [0.3, 0.4) is 0 Å². The normalized spacial score (nSPS) is 28.6. The maximum absolute atomic E-state index is 3.61. The Morgan fingerprint density at radius 1 is 1.05 bits per heavy atom. The smallest absolute Gasteiger partial charge is 0.0224 e. The summed E-state index contributed by atoms with van der Waals surface area (Å²) in [5.74, 6) is 1.50. The van der Waals surface area contributed by atoms with E-state index in [-0.39, 0.29) is 0 Å². The number of hydrogen-bond donors (Lipinski definition) is 1. The van der Waals surface area contributed by atoms with Crippen molar-refractivity contribution in [1.82, 2.24) is 15.1 Å². The Balaban J connectivity index is 1.74. The molecule has 2 fully saturated rings. The second kappa shape index (κ2) is 7.05. The van der Waals surface area contributed by atoms with Gasteiger partial charge in [-0.3, -0.25) is 9.80 Å². The summed E-state index contributed by atoms with van der Waals surface area (Å²) in [4.78, 5) is 5.43. The third-order valence-electron chi connectivity index (χ3n) is 5.04. The maximum Gasteiger partial charge on any atom is 0.0224 e. The highest BCUT2D eigenvalue weighted by atomic mass is 15.3. The van der Waals surface area contributed by atoms with Crippen LogP contribution < -0.4 is 5.32 Å². The first kappa shape index (κ1) is 15.3. The predicted octanol–water partition coefficient (Wildman–Crippen LogP) is 2.04. The summed E-state index contributed by atoms with van der Waals surface area (Å²) in [6.45, 7) is 16.9. The Morgan fingerprint density at radius 3 is 2.58 bits per heavy atom. The zero-order valence-electron chi connectivity index (χ0n) is 13.4. The Hall–Kier alpha value is -0.120. The lowest BCUT2D eigenvalue weighted by Crippen LogP contribution is -2.54. The first-order valence-corrected chi connectivity index (χ1v) is 8.26. The molecule has 0 radical (unpaired) electrons. The molecular formula is C16H33N3. The van der Waals surface area contributed by atoms with Crippen LogP contribution in [0.1, 0.15) is 40.5 Å². The molecule has 19 heavy (non-hydrogen) atoms. The highest BCUT2D eigenvalue weighted by Crippen LogP contribution is 2.24. The van der Waals surface area contributed by atoms with Gasteiger partial charge in [-0.2, -0.15) is 0 Å². The van der Waals surface area contributed by atoms with Crippen LogP contribution in [0.4, 0.5) is 0 Å². The van der Waals surface area contributed by atoms with Crippen molar-refractivity contribution in [2.45, 2.75) is 52.6 Å². The molecule has 2 aliphatic rings. The van der Waals surface area contributed by atoms with E-state index in [0.717, 1.165) is 31.0 Å². The highest BCUT2D eigenvalue weighted by molar-refractivity contribution is 4.89. The lowest BCUT2D eigenvalue weighted by Gasteiger charge is -2.42. The molecule has 3 nitrogen and oxygen atoms in total. The van der Waals surface area contributed by atoms with Crippen LogP contribution in [0.15, 0.2) is 0 Å². The van der Waals surface area contributed by atoms with E-state index in [0.29, 0.717) is 6.04 Å². The van der Waals surface area contributed by atoms with E-state index in [4.69, 9.17) is 0 Å². The first-order chi connectivity index (χ1) is 9.08. The van der Waals surface area contributed by atoms with Crippen LogP contribution in [0.2, 0.25) is 0 Å². The van der Waals surface area contributed by atoms with Crippen molar-refractivity contribution in [1.29, 1.82) is 0 Å². The molecule has 0 spiro atoms. The third kappa shape index (κ3) is 4.17. The average Bonchev–Trinajstić information content (AvgIpc) is 2.84. The molecule has 0 amide bonds. The summed E-state index contributed by atoms with van der Waals surface area (Å²) in [5, 5.41) is 3.61. The molecule has 0 aromatic rings. The Morgan fingerprint density at radius 2 is 1.84 bits per heavy atom. The number of nitrogens with one attached hydrogen (secondary N) is 1. The zero-order chi connectivity index (χ0) is 13.8. The molecule has 0 saturated carbocycles. The predicted molar refractivity (Wildman–Crippen MR) is 82.5 cm³/mol. The van der Waals surface area contributed by atoms with E-state index in [2.05, 4.69) is 42.8 Å². The van der Waals surface area contributed by atoms with Crippen LogP contribution in [-0.4, -0.2) is 61.2 Å². The van der Waals surface area contributed by atoms with E-state index >= 15 is 0 Å². The molecule has 0 aromatic carbocycles. The van der Waals surface area contributed by atoms with Gasteiger partial charge >= 0.3 is 0 Å². The largest absolute Gasteiger partial charge is 0.316 e. The molecule has 0 bridgehead atoms. The monoisotopic (exact) mass is 267 g/mol. The van der Waals surface area contributed by atoms with Crippen molar-refractivity contribution < 1.29 is 0 Å². The van der Waals surface area contributed by atoms with Crippen LogP contribution in [0, 0.1) is 11.8 Å². The van der Waals surface area contributed by atoms with Crippen molar-refractivity contribution in [3.05, 3.63) is 0 Å². The van der Waals surface area contributed by atoms with Gasteiger partial charge in [-0.05, 0) is 51.2 Å². The number of rotatable bonds is 6. The molecule has 2 heterocycles. The topological polar surface area (TPSA) is 18.5 Å². The number of nitrogens with zero attached hydrogens (tertiary/aromatic N) is 2. The number of hydrogen-bond acceptors (Lipinski definition) is 3. The van der Waals surface area contributed by atoms with E-state index < -0.39 is 0 Å². The van der Waals surface area contributed by atoms with Gasteiger partial charge in [-0.25, -0.2) is 0 Å². The summed E-state index contributed by atoms with van der Waals surface area (Å²) in [7, 11) is 0. The summed E-state index contributed by atoms with van der Waals surface area (Å²) in [6.07, 6.45) is 2.83. The molecule has 2 aliphatic heterocycles. The van der Waals surface area contributed by atoms with Crippen molar-refractivity contribution in [3.63, 3.8) is 0 Å². The minimum absolute atomic E-state index is 0.711. The lowest BCUT2D eigenvalue weighted by molar-refractivity contribution is 0.0584. The van der Waals surface area contributed by atoms with Crippen LogP contribution >= 0.6 is 0 Å². The van der Waals surface area contributed by atoms with Gasteiger partial charge < -0.3 is 5.32 Å². The Bertz CT molecular complexity index is 267. The van der Waals surface area contributed by atoms with Crippen LogP contribution in [0.5, 0.6) is 0 Å². The van der Waals surface area contributed by atoms with Gasteiger partial charge in [-0.15, -0.1) is 0 Å². The fraction of sp³-hybridized carbons (Fsp3) is 1.00.